The zero-order chi connectivity index (χ0) is 20.1. The summed E-state index contributed by atoms with van der Waals surface area (Å²) in [5.74, 6) is 0.119. The normalized spacial score (nSPS) is 19.8. The first-order chi connectivity index (χ1) is 14.0. The van der Waals surface area contributed by atoms with Crippen molar-refractivity contribution in [1.82, 2.24) is 29.4 Å². The summed E-state index contributed by atoms with van der Waals surface area (Å²) >= 11 is 0. The van der Waals surface area contributed by atoms with E-state index >= 15 is 0 Å². The average molecular weight is 392 g/mol. The van der Waals surface area contributed by atoms with Gasteiger partial charge in [0.2, 0.25) is 0 Å². The smallest absolute Gasteiger partial charge is 0.283 e. The summed E-state index contributed by atoms with van der Waals surface area (Å²) in [5.41, 5.74) is 3.17. The molecule has 1 aliphatic carbocycles. The Morgan fingerprint density at radius 1 is 1.07 bits per heavy atom. The molecule has 0 spiro atoms. The van der Waals surface area contributed by atoms with Crippen molar-refractivity contribution in [2.24, 2.45) is 5.92 Å². The molecule has 0 bridgehead atoms. The highest BCUT2D eigenvalue weighted by molar-refractivity contribution is 5.83. The van der Waals surface area contributed by atoms with Gasteiger partial charge in [0, 0.05) is 6.04 Å². The van der Waals surface area contributed by atoms with Gasteiger partial charge in [0.15, 0.2) is 16.8 Å². The van der Waals surface area contributed by atoms with Gasteiger partial charge in [0.05, 0.1) is 11.3 Å². The number of hydrogen-bond acceptors (Lipinski definition) is 5. The summed E-state index contributed by atoms with van der Waals surface area (Å²) in [4.78, 5) is 17.7. The van der Waals surface area contributed by atoms with E-state index in [4.69, 9.17) is 0 Å². The monoisotopic (exact) mass is 392 g/mol. The van der Waals surface area contributed by atoms with Crippen LogP contribution in [-0.2, 0) is 0 Å². The highest BCUT2D eigenvalue weighted by Crippen LogP contribution is 2.33. The topological polar surface area (TPSA) is 78.0 Å². The van der Waals surface area contributed by atoms with Gasteiger partial charge in [-0.3, -0.25) is 9.36 Å². The Hall–Kier alpha value is -3.16. The summed E-state index contributed by atoms with van der Waals surface area (Å²) < 4.78 is 16.6. The molecule has 4 aromatic rings. The molecule has 0 N–H and O–H groups in total. The maximum atomic E-state index is 13.3. The number of rotatable bonds is 2. The molecule has 1 fully saturated rings. The first-order valence-electron chi connectivity index (χ1n) is 9.93. The zero-order valence-corrected chi connectivity index (χ0v) is 16.3. The molecule has 2 atom stereocenters. The van der Waals surface area contributed by atoms with Crippen LogP contribution >= 0.6 is 0 Å². The molecular weight excluding hydrogens is 371 g/mol. The number of nitrogens with zero attached hydrogens (tertiary/aromatic N) is 6. The third-order valence-corrected chi connectivity index (χ3v) is 5.99. The fraction of sp³-hybridized carbons (Fsp3) is 0.381. The van der Waals surface area contributed by atoms with E-state index in [9.17, 15) is 9.18 Å². The fourth-order valence-corrected chi connectivity index (χ4v) is 4.44. The summed E-state index contributed by atoms with van der Waals surface area (Å²) in [6, 6.07) is 6.30. The summed E-state index contributed by atoms with van der Waals surface area (Å²) in [6.45, 7) is 4.03. The lowest BCUT2D eigenvalue weighted by atomic mass is 9.86. The molecule has 29 heavy (non-hydrogen) atoms. The predicted octanol–water partition coefficient (Wildman–Crippen LogP) is 3.70. The van der Waals surface area contributed by atoms with Gasteiger partial charge in [-0.25, -0.2) is 9.37 Å². The minimum absolute atomic E-state index is 0.139. The Balaban J connectivity index is 1.70. The Kier molecular flexibility index (Phi) is 4.15. The average Bonchev–Trinajstić information content (AvgIpc) is 3.06. The van der Waals surface area contributed by atoms with E-state index in [2.05, 4.69) is 27.2 Å². The van der Waals surface area contributed by atoms with E-state index in [0.717, 1.165) is 30.4 Å². The number of benzene rings is 1. The van der Waals surface area contributed by atoms with E-state index in [1.165, 1.54) is 18.6 Å². The number of aromatic nitrogens is 6. The molecule has 0 saturated heterocycles. The fourth-order valence-electron chi connectivity index (χ4n) is 4.44. The maximum absolute atomic E-state index is 13.3. The number of halogens is 1. The van der Waals surface area contributed by atoms with Gasteiger partial charge < -0.3 is 0 Å². The van der Waals surface area contributed by atoms with Crippen molar-refractivity contribution in [3.63, 3.8) is 0 Å². The second-order valence-electron chi connectivity index (χ2n) is 7.86. The van der Waals surface area contributed by atoms with Gasteiger partial charge in [0.1, 0.15) is 12.1 Å². The van der Waals surface area contributed by atoms with Crippen molar-refractivity contribution in [2.45, 2.75) is 45.6 Å². The Bertz CT molecular complexity index is 1280. The molecule has 0 radical (unpaired) electrons. The predicted molar refractivity (Wildman–Crippen MR) is 107 cm³/mol. The van der Waals surface area contributed by atoms with Crippen LogP contribution in [0.15, 0.2) is 35.4 Å². The number of fused-ring (bicyclic) bond motifs is 3. The van der Waals surface area contributed by atoms with E-state index in [1.807, 2.05) is 6.92 Å². The van der Waals surface area contributed by atoms with Crippen molar-refractivity contribution in [3.05, 3.63) is 52.5 Å². The molecule has 0 amide bonds. The van der Waals surface area contributed by atoms with Crippen LogP contribution in [0, 0.1) is 18.7 Å². The number of hydrogen-bond donors (Lipinski definition) is 0. The highest BCUT2D eigenvalue weighted by atomic mass is 19.1. The minimum Gasteiger partial charge on any atom is -0.294 e. The maximum Gasteiger partial charge on any atom is 0.283 e. The van der Waals surface area contributed by atoms with Gasteiger partial charge >= 0.3 is 0 Å². The van der Waals surface area contributed by atoms with Gasteiger partial charge in [-0.1, -0.05) is 31.9 Å². The van der Waals surface area contributed by atoms with E-state index in [-0.39, 0.29) is 22.9 Å². The summed E-state index contributed by atoms with van der Waals surface area (Å²) in [5, 5.41) is 13.1. The second kappa shape index (κ2) is 6.72. The molecular formula is C21H21FN6O. The van der Waals surface area contributed by atoms with Gasteiger partial charge in [-0.2, -0.15) is 9.61 Å². The SMILES string of the molecule is Cc1nn2c(nnc3c(=O)n(C4CCCCC4C)cnc32)c1-c1ccc(F)cc1. The van der Waals surface area contributed by atoms with E-state index < -0.39 is 0 Å². The van der Waals surface area contributed by atoms with Crippen molar-refractivity contribution in [3.8, 4) is 11.1 Å². The molecule has 7 nitrogen and oxygen atoms in total. The van der Waals surface area contributed by atoms with Crippen molar-refractivity contribution >= 4 is 16.8 Å². The molecule has 1 saturated carbocycles. The molecule has 3 heterocycles. The quantitative estimate of drug-likeness (QED) is 0.520. The largest absolute Gasteiger partial charge is 0.294 e. The number of aryl methyl sites for hydroxylation is 1. The van der Waals surface area contributed by atoms with Crippen LogP contribution in [0.2, 0.25) is 0 Å². The van der Waals surface area contributed by atoms with Crippen molar-refractivity contribution < 1.29 is 4.39 Å². The van der Waals surface area contributed by atoms with Crippen molar-refractivity contribution in [1.29, 1.82) is 0 Å². The Labute approximate surface area is 166 Å². The molecule has 8 heteroatoms. The molecule has 5 rings (SSSR count). The first kappa shape index (κ1) is 17.9. The third kappa shape index (κ3) is 2.82. The standard InChI is InChI=1S/C21H21FN6O/c1-12-5-3-4-6-16(12)27-11-23-20-18(21(27)29)24-25-19-17(13(2)26-28(19)20)14-7-9-15(22)10-8-14/h7-12,16H,3-6H2,1-2H3. The van der Waals surface area contributed by atoms with Crippen LogP contribution < -0.4 is 5.56 Å². The molecule has 3 aromatic heterocycles. The van der Waals surface area contributed by atoms with Gasteiger partial charge in [0.25, 0.3) is 5.56 Å². The van der Waals surface area contributed by atoms with E-state index in [1.54, 1.807) is 27.5 Å². The lowest BCUT2D eigenvalue weighted by Crippen LogP contribution is -2.31. The summed E-state index contributed by atoms with van der Waals surface area (Å²) in [6.07, 6.45) is 6.02. The summed E-state index contributed by atoms with van der Waals surface area (Å²) in [7, 11) is 0. The molecule has 1 aliphatic rings. The van der Waals surface area contributed by atoms with Crippen LogP contribution in [0.25, 0.3) is 27.9 Å². The Morgan fingerprint density at radius 2 is 1.83 bits per heavy atom. The van der Waals surface area contributed by atoms with Crippen LogP contribution in [0.3, 0.4) is 0 Å². The highest BCUT2D eigenvalue weighted by Gasteiger charge is 2.26. The van der Waals surface area contributed by atoms with E-state index in [0.29, 0.717) is 22.9 Å². The molecule has 2 unspecified atom stereocenters. The van der Waals surface area contributed by atoms with Crippen LogP contribution in [0.5, 0.6) is 0 Å². The lowest BCUT2D eigenvalue weighted by Gasteiger charge is -2.29. The van der Waals surface area contributed by atoms with Gasteiger partial charge in [-0.05, 0) is 43.4 Å². The zero-order valence-electron chi connectivity index (χ0n) is 16.3. The Morgan fingerprint density at radius 3 is 2.59 bits per heavy atom. The first-order valence-corrected chi connectivity index (χ1v) is 9.93. The van der Waals surface area contributed by atoms with Crippen LogP contribution in [-0.4, -0.2) is 29.4 Å². The molecule has 148 valence electrons. The van der Waals surface area contributed by atoms with Crippen LogP contribution in [0.1, 0.15) is 44.3 Å². The van der Waals surface area contributed by atoms with Crippen molar-refractivity contribution in [2.75, 3.05) is 0 Å². The van der Waals surface area contributed by atoms with Crippen LogP contribution in [0.4, 0.5) is 4.39 Å². The minimum atomic E-state index is -0.307. The third-order valence-electron chi connectivity index (χ3n) is 5.99. The second-order valence-corrected chi connectivity index (χ2v) is 7.86. The molecule has 1 aromatic carbocycles. The molecule has 0 aliphatic heterocycles. The van der Waals surface area contributed by atoms with Gasteiger partial charge in [-0.15, -0.1) is 10.2 Å². The lowest BCUT2D eigenvalue weighted by molar-refractivity contribution is 0.251.